The first-order chi connectivity index (χ1) is 15.1. The highest BCUT2D eigenvalue weighted by Crippen LogP contribution is 2.29. The first-order valence-corrected chi connectivity index (χ1v) is 12.3. The van der Waals surface area contributed by atoms with Gasteiger partial charge in [0.15, 0.2) is 0 Å². The Bertz CT molecular complexity index is 1070. The zero-order valence-electron chi connectivity index (χ0n) is 18.6. The Kier molecular flexibility index (Phi) is 7.20. The van der Waals surface area contributed by atoms with Gasteiger partial charge in [-0.1, -0.05) is 48.5 Å². The van der Waals surface area contributed by atoms with Crippen molar-refractivity contribution in [3.05, 3.63) is 65.7 Å². The maximum Gasteiger partial charge on any atom is 0.247 e. The van der Waals surface area contributed by atoms with Gasteiger partial charge >= 0.3 is 0 Å². The molecule has 32 heavy (non-hydrogen) atoms. The summed E-state index contributed by atoms with van der Waals surface area (Å²) < 4.78 is 31.2. The number of rotatable bonds is 8. The molecule has 1 aliphatic rings. The number of amides is 2. The Morgan fingerprint density at radius 3 is 2.44 bits per heavy atom. The monoisotopic (exact) mass is 459 g/mol. The molecule has 2 amide bonds. The molecule has 172 valence electrons. The van der Waals surface area contributed by atoms with E-state index in [2.05, 4.69) is 5.32 Å². The number of nitrogens with one attached hydrogen (secondary N) is 1. The van der Waals surface area contributed by atoms with Crippen LogP contribution in [0.5, 0.6) is 5.75 Å². The van der Waals surface area contributed by atoms with E-state index in [4.69, 9.17) is 4.74 Å². The molecule has 3 rings (SSSR count). The van der Waals surface area contributed by atoms with E-state index in [0.717, 1.165) is 21.7 Å². The molecule has 1 fully saturated rings. The van der Waals surface area contributed by atoms with Crippen LogP contribution < -0.4 is 10.1 Å². The minimum atomic E-state index is -3.66. The third kappa shape index (κ3) is 5.28. The summed E-state index contributed by atoms with van der Waals surface area (Å²) in [5, 5.41) is 2.87. The van der Waals surface area contributed by atoms with E-state index in [1.807, 2.05) is 61.5 Å². The second-order valence-electron chi connectivity index (χ2n) is 7.99. The van der Waals surface area contributed by atoms with Crippen LogP contribution in [0.25, 0.3) is 0 Å². The third-order valence-corrected chi connectivity index (χ3v) is 6.74. The quantitative estimate of drug-likeness (QED) is 0.649. The SMILES string of the molecule is CCOc1ccccc1CN1C(=O)CN(S(C)(=O)=O)C[C@]1(C)C(=O)NCc1ccccc1. The molecule has 9 heteroatoms. The van der Waals surface area contributed by atoms with Gasteiger partial charge in [-0.15, -0.1) is 0 Å². The summed E-state index contributed by atoms with van der Waals surface area (Å²) in [6.07, 6.45) is 1.04. The van der Waals surface area contributed by atoms with Gasteiger partial charge in [-0.2, -0.15) is 4.31 Å². The molecule has 2 aromatic carbocycles. The van der Waals surface area contributed by atoms with Gasteiger partial charge in [0.2, 0.25) is 21.8 Å². The molecule has 0 bridgehead atoms. The first-order valence-electron chi connectivity index (χ1n) is 10.4. The zero-order valence-corrected chi connectivity index (χ0v) is 19.4. The minimum Gasteiger partial charge on any atom is -0.494 e. The molecule has 1 saturated heterocycles. The first kappa shape index (κ1) is 23.7. The molecule has 1 atom stereocenters. The number of sulfonamides is 1. The number of carbonyl (C=O) groups is 2. The van der Waals surface area contributed by atoms with Gasteiger partial charge in [0.1, 0.15) is 11.3 Å². The smallest absolute Gasteiger partial charge is 0.247 e. The van der Waals surface area contributed by atoms with Gasteiger partial charge < -0.3 is 15.0 Å². The summed E-state index contributed by atoms with van der Waals surface area (Å²) in [6.45, 7) is 3.89. The number of ether oxygens (including phenoxy) is 1. The molecular weight excluding hydrogens is 430 g/mol. The topological polar surface area (TPSA) is 96.0 Å². The third-order valence-electron chi connectivity index (χ3n) is 5.55. The fraction of sp³-hybridized carbons (Fsp3) is 0.391. The van der Waals surface area contributed by atoms with Crippen LogP contribution in [0.15, 0.2) is 54.6 Å². The van der Waals surface area contributed by atoms with Crippen molar-refractivity contribution in [2.75, 3.05) is 26.0 Å². The van der Waals surface area contributed by atoms with E-state index in [1.165, 1.54) is 4.90 Å². The Morgan fingerprint density at radius 2 is 1.78 bits per heavy atom. The molecule has 0 aromatic heterocycles. The Labute approximate surface area is 189 Å². The summed E-state index contributed by atoms with van der Waals surface area (Å²) in [6, 6.07) is 16.7. The molecule has 0 unspecified atom stereocenters. The van der Waals surface area contributed by atoms with E-state index in [-0.39, 0.29) is 26.2 Å². The molecular formula is C23H29N3O5S. The van der Waals surface area contributed by atoms with E-state index in [1.54, 1.807) is 6.92 Å². The summed E-state index contributed by atoms with van der Waals surface area (Å²) in [4.78, 5) is 27.9. The van der Waals surface area contributed by atoms with Crippen LogP contribution in [0, 0.1) is 0 Å². The summed E-state index contributed by atoms with van der Waals surface area (Å²) >= 11 is 0. The number of hydrogen-bond acceptors (Lipinski definition) is 5. The maximum atomic E-state index is 13.4. The normalized spacial score (nSPS) is 19.6. The fourth-order valence-electron chi connectivity index (χ4n) is 3.76. The highest BCUT2D eigenvalue weighted by atomic mass is 32.2. The van der Waals surface area contributed by atoms with Crippen molar-refractivity contribution in [1.29, 1.82) is 0 Å². The fourth-order valence-corrected chi connectivity index (χ4v) is 4.59. The lowest BCUT2D eigenvalue weighted by Gasteiger charge is -2.46. The average molecular weight is 460 g/mol. The number of carbonyl (C=O) groups excluding carboxylic acids is 2. The van der Waals surface area contributed by atoms with Crippen LogP contribution in [0.4, 0.5) is 0 Å². The molecule has 8 nitrogen and oxygen atoms in total. The Balaban J connectivity index is 1.92. The highest BCUT2D eigenvalue weighted by molar-refractivity contribution is 7.88. The molecule has 2 aromatic rings. The van der Waals surface area contributed by atoms with Crippen LogP contribution >= 0.6 is 0 Å². The summed E-state index contributed by atoms with van der Waals surface area (Å²) in [7, 11) is -3.66. The van der Waals surface area contributed by atoms with Gasteiger partial charge in [-0.3, -0.25) is 9.59 Å². The maximum absolute atomic E-state index is 13.4. The lowest BCUT2D eigenvalue weighted by atomic mass is 9.94. The summed E-state index contributed by atoms with van der Waals surface area (Å²) in [5.74, 6) is -0.234. The van der Waals surface area contributed by atoms with E-state index in [9.17, 15) is 18.0 Å². The van der Waals surface area contributed by atoms with Crippen molar-refractivity contribution >= 4 is 21.8 Å². The lowest BCUT2D eigenvalue weighted by Crippen LogP contribution is -2.69. The number of hydrogen-bond donors (Lipinski definition) is 1. The van der Waals surface area contributed by atoms with Crippen LogP contribution in [-0.2, 0) is 32.7 Å². The summed E-state index contributed by atoms with van der Waals surface area (Å²) in [5.41, 5.74) is 0.254. The molecule has 1 N–H and O–H groups in total. The van der Waals surface area contributed by atoms with Gasteiger partial charge in [-0.25, -0.2) is 8.42 Å². The number of benzene rings is 2. The Hall–Kier alpha value is -2.91. The van der Waals surface area contributed by atoms with E-state index in [0.29, 0.717) is 12.4 Å². The van der Waals surface area contributed by atoms with Crippen LogP contribution in [-0.4, -0.2) is 60.9 Å². The molecule has 0 aliphatic carbocycles. The van der Waals surface area contributed by atoms with Crippen molar-refractivity contribution in [2.24, 2.45) is 0 Å². The van der Waals surface area contributed by atoms with Crippen molar-refractivity contribution in [3.8, 4) is 5.75 Å². The molecule has 0 saturated carbocycles. The van der Waals surface area contributed by atoms with Gasteiger partial charge in [-0.05, 0) is 25.5 Å². The molecule has 0 spiro atoms. The Morgan fingerprint density at radius 1 is 1.12 bits per heavy atom. The average Bonchev–Trinajstić information content (AvgIpc) is 2.75. The van der Waals surface area contributed by atoms with Gasteiger partial charge in [0.05, 0.1) is 26.0 Å². The van der Waals surface area contributed by atoms with Crippen molar-refractivity contribution in [3.63, 3.8) is 0 Å². The molecule has 0 radical (unpaired) electrons. The van der Waals surface area contributed by atoms with Crippen molar-refractivity contribution in [1.82, 2.24) is 14.5 Å². The number of para-hydroxylation sites is 1. The number of piperazine rings is 1. The van der Waals surface area contributed by atoms with Crippen LogP contribution in [0.3, 0.4) is 0 Å². The van der Waals surface area contributed by atoms with Gasteiger partial charge in [0.25, 0.3) is 0 Å². The van der Waals surface area contributed by atoms with Gasteiger partial charge in [0, 0.05) is 18.7 Å². The largest absolute Gasteiger partial charge is 0.494 e. The van der Waals surface area contributed by atoms with Crippen molar-refractivity contribution < 1.29 is 22.7 Å². The van der Waals surface area contributed by atoms with Crippen LogP contribution in [0.1, 0.15) is 25.0 Å². The highest BCUT2D eigenvalue weighted by Gasteiger charge is 2.49. The van der Waals surface area contributed by atoms with E-state index >= 15 is 0 Å². The lowest BCUT2D eigenvalue weighted by molar-refractivity contribution is -0.153. The zero-order chi connectivity index (χ0) is 23.4. The minimum absolute atomic E-state index is 0.127. The molecule has 1 heterocycles. The molecule has 1 aliphatic heterocycles. The predicted octanol–water partition coefficient (Wildman–Crippen LogP) is 1.76. The number of nitrogens with zero attached hydrogens (tertiary/aromatic N) is 2. The second kappa shape index (κ2) is 9.70. The standard InChI is InChI=1S/C23H29N3O5S/c1-4-31-20-13-9-8-12-19(20)15-26-21(27)16-25(32(3,29)30)17-23(26,2)22(28)24-14-18-10-6-5-7-11-18/h5-13H,4,14-17H2,1-3H3,(H,24,28)/t23-/m1/s1. The van der Waals surface area contributed by atoms with E-state index < -0.39 is 27.4 Å². The second-order valence-corrected chi connectivity index (χ2v) is 9.98. The van der Waals surface area contributed by atoms with Crippen LogP contribution in [0.2, 0.25) is 0 Å². The predicted molar refractivity (Wildman–Crippen MR) is 121 cm³/mol. The van der Waals surface area contributed by atoms with Crippen molar-refractivity contribution in [2.45, 2.75) is 32.5 Å².